The maximum atomic E-state index is 11.3. The third-order valence-electron chi connectivity index (χ3n) is 2.44. The van der Waals surface area contributed by atoms with E-state index in [4.69, 9.17) is 17.3 Å². The molecule has 0 saturated heterocycles. The summed E-state index contributed by atoms with van der Waals surface area (Å²) in [4.78, 5) is 11.3. The van der Waals surface area contributed by atoms with Crippen LogP contribution in [0.25, 0.3) is 0 Å². The topological polar surface area (TPSA) is 43.1 Å². The fraction of sp³-hybridized carbons (Fsp3) is 0.417. The summed E-state index contributed by atoms with van der Waals surface area (Å²) in [7, 11) is 0. The number of hydrogen-bond acceptors (Lipinski definition) is 2. The lowest BCUT2D eigenvalue weighted by atomic mass is 9.94. The SMILES string of the molecule is CCCC(C(=O)Cl)c1cccc(CN)c1. The van der Waals surface area contributed by atoms with Crippen LogP contribution in [-0.2, 0) is 11.3 Å². The molecule has 82 valence electrons. The minimum absolute atomic E-state index is 0.192. The van der Waals surface area contributed by atoms with Gasteiger partial charge in [0.1, 0.15) is 0 Å². The molecule has 3 heteroatoms. The maximum absolute atomic E-state index is 11.3. The van der Waals surface area contributed by atoms with Crippen molar-refractivity contribution in [1.82, 2.24) is 0 Å². The number of halogens is 1. The molecule has 1 rings (SSSR count). The molecule has 0 aromatic heterocycles. The van der Waals surface area contributed by atoms with Crippen molar-refractivity contribution in [2.24, 2.45) is 5.73 Å². The van der Waals surface area contributed by atoms with Crippen LogP contribution in [0.15, 0.2) is 24.3 Å². The van der Waals surface area contributed by atoms with Crippen LogP contribution in [0.4, 0.5) is 0 Å². The second kappa shape index (κ2) is 5.89. The first-order chi connectivity index (χ1) is 7.19. The summed E-state index contributed by atoms with van der Waals surface area (Å²) in [6.07, 6.45) is 1.73. The zero-order chi connectivity index (χ0) is 11.3. The van der Waals surface area contributed by atoms with Crippen LogP contribution >= 0.6 is 11.6 Å². The van der Waals surface area contributed by atoms with E-state index in [-0.39, 0.29) is 11.2 Å². The van der Waals surface area contributed by atoms with Crippen molar-refractivity contribution in [3.63, 3.8) is 0 Å². The van der Waals surface area contributed by atoms with Crippen molar-refractivity contribution in [2.45, 2.75) is 32.2 Å². The van der Waals surface area contributed by atoms with Crippen molar-refractivity contribution in [1.29, 1.82) is 0 Å². The van der Waals surface area contributed by atoms with Gasteiger partial charge in [0.15, 0.2) is 0 Å². The fourth-order valence-corrected chi connectivity index (χ4v) is 1.87. The second-order valence-electron chi connectivity index (χ2n) is 3.59. The summed E-state index contributed by atoms with van der Waals surface area (Å²) in [5, 5.41) is -0.286. The van der Waals surface area contributed by atoms with Gasteiger partial charge in [-0.05, 0) is 29.1 Å². The van der Waals surface area contributed by atoms with Crippen LogP contribution < -0.4 is 5.73 Å². The molecule has 15 heavy (non-hydrogen) atoms. The Hall–Kier alpha value is -0.860. The van der Waals surface area contributed by atoms with Gasteiger partial charge in [0.25, 0.3) is 0 Å². The van der Waals surface area contributed by atoms with Gasteiger partial charge < -0.3 is 5.73 Å². The van der Waals surface area contributed by atoms with Gasteiger partial charge in [0.05, 0.1) is 5.92 Å². The van der Waals surface area contributed by atoms with Gasteiger partial charge in [-0.1, -0.05) is 37.6 Å². The van der Waals surface area contributed by atoms with Crippen molar-refractivity contribution >= 4 is 16.8 Å². The van der Waals surface area contributed by atoms with Gasteiger partial charge in [-0.25, -0.2) is 0 Å². The Balaban J connectivity index is 2.94. The van der Waals surface area contributed by atoms with Gasteiger partial charge in [-0.15, -0.1) is 0 Å². The minimum Gasteiger partial charge on any atom is -0.326 e. The Morgan fingerprint density at radius 1 is 1.53 bits per heavy atom. The smallest absolute Gasteiger partial charge is 0.229 e. The lowest BCUT2D eigenvalue weighted by Crippen LogP contribution is -2.07. The van der Waals surface area contributed by atoms with Crippen LogP contribution in [0, 0.1) is 0 Å². The molecule has 2 N–H and O–H groups in total. The number of carbonyl (C=O) groups excluding carboxylic acids is 1. The highest BCUT2D eigenvalue weighted by Crippen LogP contribution is 2.24. The first-order valence-electron chi connectivity index (χ1n) is 5.17. The van der Waals surface area contributed by atoms with E-state index in [1.165, 1.54) is 0 Å². The summed E-state index contributed by atoms with van der Waals surface area (Å²) < 4.78 is 0. The summed E-state index contributed by atoms with van der Waals surface area (Å²) in [6.45, 7) is 2.53. The zero-order valence-electron chi connectivity index (χ0n) is 8.87. The quantitative estimate of drug-likeness (QED) is 0.784. The van der Waals surface area contributed by atoms with E-state index in [1.807, 2.05) is 31.2 Å². The van der Waals surface area contributed by atoms with E-state index in [0.29, 0.717) is 6.54 Å². The van der Waals surface area contributed by atoms with E-state index >= 15 is 0 Å². The summed E-state index contributed by atoms with van der Waals surface area (Å²) >= 11 is 5.58. The van der Waals surface area contributed by atoms with Gasteiger partial charge in [0.2, 0.25) is 5.24 Å². The molecule has 1 atom stereocenters. The third kappa shape index (κ3) is 3.33. The molecule has 0 aliphatic heterocycles. The van der Waals surface area contributed by atoms with E-state index in [9.17, 15) is 4.79 Å². The zero-order valence-corrected chi connectivity index (χ0v) is 9.63. The number of nitrogens with two attached hydrogens (primary N) is 1. The highest BCUT2D eigenvalue weighted by molar-refractivity contribution is 6.64. The maximum Gasteiger partial charge on any atom is 0.229 e. The molecular formula is C12H16ClNO. The van der Waals surface area contributed by atoms with Gasteiger partial charge in [0, 0.05) is 6.54 Å². The Labute approximate surface area is 95.4 Å². The molecule has 0 radical (unpaired) electrons. The van der Waals surface area contributed by atoms with Crippen molar-refractivity contribution < 1.29 is 4.79 Å². The predicted molar refractivity (Wildman–Crippen MR) is 62.8 cm³/mol. The van der Waals surface area contributed by atoms with Gasteiger partial charge >= 0.3 is 0 Å². The van der Waals surface area contributed by atoms with Crippen LogP contribution in [0.2, 0.25) is 0 Å². The molecule has 0 fully saturated rings. The number of hydrogen-bond donors (Lipinski definition) is 1. The lowest BCUT2D eigenvalue weighted by molar-refractivity contribution is -0.113. The normalized spacial score (nSPS) is 12.5. The number of carbonyl (C=O) groups is 1. The van der Waals surface area contributed by atoms with Crippen LogP contribution in [0.5, 0.6) is 0 Å². The molecule has 0 saturated carbocycles. The number of benzene rings is 1. The fourth-order valence-electron chi connectivity index (χ4n) is 1.64. The average molecular weight is 226 g/mol. The second-order valence-corrected chi connectivity index (χ2v) is 3.97. The largest absolute Gasteiger partial charge is 0.326 e. The molecule has 2 nitrogen and oxygen atoms in total. The highest BCUT2D eigenvalue weighted by Gasteiger charge is 2.17. The molecule has 0 bridgehead atoms. The van der Waals surface area contributed by atoms with Crippen LogP contribution in [0.3, 0.4) is 0 Å². The molecule has 0 heterocycles. The summed E-state index contributed by atoms with van der Waals surface area (Å²) in [5.74, 6) is -0.192. The van der Waals surface area contributed by atoms with Crippen molar-refractivity contribution in [2.75, 3.05) is 0 Å². The van der Waals surface area contributed by atoms with Crippen LogP contribution in [0.1, 0.15) is 36.8 Å². The first kappa shape index (κ1) is 12.2. The monoisotopic (exact) mass is 225 g/mol. The Bertz CT molecular complexity index is 338. The molecule has 1 aromatic carbocycles. The summed E-state index contributed by atoms with van der Waals surface area (Å²) in [5.41, 5.74) is 7.56. The predicted octanol–water partition coefficient (Wildman–Crippen LogP) is 2.79. The van der Waals surface area contributed by atoms with Crippen LogP contribution in [-0.4, -0.2) is 5.24 Å². The Morgan fingerprint density at radius 3 is 2.80 bits per heavy atom. The van der Waals surface area contributed by atoms with E-state index in [2.05, 4.69) is 0 Å². The van der Waals surface area contributed by atoms with Crippen molar-refractivity contribution in [3.8, 4) is 0 Å². The van der Waals surface area contributed by atoms with E-state index < -0.39 is 0 Å². The van der Waals surface area contributed by atoms with Gasteiger partial charge in [-0.3, -0.25) is 4.79 Å². The molecule has 1 aromatic rings. The molecule has 0 amide bonds. The molecular weight excluding hydrogens is 210 g/mol. The van der Waals surface area contributed by atoms with Gasteiger partial charge in [-0.2, -0.15) is 0 Å². The van der Waals surface area contributed by atoms with E-state index in [0.717, 1.165) is 24.0 Å². The first-order valence-corrected chi connectivity index (χ1v) is 5.55. The standard InChI is InChI=1S/C12H16ClNO/c1-2-4-11(12(13)15)10-6-3-5-9(7-10)8-14/h3,5-7,11H,2,4,8,14H2,1H3. The summed E-state index contributed by atoms with van der Waals surface area (Å²) in [6, 6.07) is 7.76. The Morgan fingerprint density at radius 2 is 2.27 bits per heavy atom. The van der Waals surface area contributed by atoms with E-state index in [1.54, 1.807) is 0 Å². The Kier molecular flexibility index (Phi) is 4.79. The number of rotatable bonds is 5. The van der Waals surface area contributed by atoms with Crippen molar-refractivity contribution in [3.05, 3.63) is 35.4 Å². The highest BCUT2D eigenvalue weighted by atomic mass is 35.5. The molecule has 0 aliphatic rings. The molecule has 0 aliphatic carbocycles. The molecule has 1 unspecified atom stereocenters. The minimum atomic E-state index is -0.286. The molecule has 0 spiro atoms. The third-order valence-corrected chi connectivity index (χ3v) is 2.70. The lowest BCUT2D eigenvalue weighted by Gasteiger charge is -2.12. The average Bonchev–Trinajstić information content (AvgIpc) is 2.25.